The maximum atomic E-state index is 11.1. The fourth-order valence-corrected chi connectivity index (χ4v) is 3.46. The second-order valence-corrected chi connectivity index (χ2v) is 6.20. The number of thiazole rings is 1. The molecule has 0 saturated carbocycles. The van der Waals surface area contributed by atoms with E-state index in [1.807, 2.05) is 25.1 Å². The molecule has 6 heteroatoms. The smallest absolute Gasteiger partial charge is 0.355 e. The van der Waals surface area contributed by atoms with Gasteiger partial charge >= 0.3 is 5.97 Å². The van der Waals surface area contributed by atoms with Gasteiger partial charge in [-0.15, -0.1) is 11.3 Å². The Kier molecular flexibility index (Phi) is 3.79. The van der Waals surface area contributed by atoms with Gasteiger partial charge < -0.3 is 14.9 Å². The Labute approximate surface area is 127 Å². The normalized spacial score (nSPS) is 15.3. The summed E-state index contributed by atoms with van der Waals surface area (Å²) in [7, 11) is 0. The Morgan fingerprint density at radius 1 is 1.14 bits per heavy atom. The summed E-state index contributed by atoms with van der Waals surface area (Å²) in [4.78, 5) is 20.6. The first-order valence-corrected chi connectivity index (χ1v) is 7.72. The molecule has 3 rings (SSSR count). The number of anilines is 2. The number of nitrogens with zero attached hydrogens (tertiary/aromatic N) is 3. The molecule has 1 fully saturated rings. The second kappa shape index (κ2) is 5.73. The molecule has 0 spiro atoms. The van der Waals surface area contributed by atoms with Gasteiger partial charge in [-0.05, 0) is 19.1 Å². The summed E-state index contributed by atoms with van der Waals surface area (Å²) in [5, 5.41) is 9.90. The molecule has 2 heterocycles. The average molecular weight is 303 g/mol. The minimum atomic E-state index is -0.946. The molecule has 2 aromatic rings. The SMILES string of the molecule is Cc1sc(N2CCN(c3ccccc3)CC2)nc1C(=O)O. The maximum absolute atomic E-state index is 11.1. The largest absolute Gasteiger partial charge is 0.476 e. The van der Waals surface area contributed by atoms with Crippen molar-refractivity contribution in [2.24, 2.45) is 0 Å². The van der Waals surface area contributed by atoms with E-state index < -0.39 is 5.97 Å². The van der Waals surface area contributed by atoms with E-state index in [4.69, 9.17) is 5.11 Å². The summed E-state index contributed by atoms with van der Waals surface area (Å²) in [6.45, 7) is 5.38. The summed E-state index contributed by atoms with van der Waals surface area (Å²) < 4.78 is 0. The molecule has 1 saturated heterocycles. The van der Waals surface area contributed by atoms with Gasteiger partial charge in [-0.3, -0.25) is 0 Å². The molecule has 0 radical (unpaired) electrons. The first-order valence-electron chi connectivity index (χ1n) is 6.91. The number of hydrogen-bond donors (Lipinski definition) is 1. The molecule has 0 aliphatic carbocycles. The topological polar surface area (TPSA) is 56.7 Å². The lowest BCUT2D eigenvalue weighted by atomic mass is 10.2. The van der Waals surface area contributed by atoms with Gasteiger partial charge in [0.05, 0.1) is 0 Å². The Balaban J connectivity index is 1.68. The molecule has 1 aromatic carbocycles. The van der Waals surface area contributed by atoms with Crippen molar-refractivity contribution in [1.29, 1.82) is 0 Å². The highest BCUT2D eigenvalue weighted by Crippen LogP contribution is 2.27. The molecule has 1 N–H and O–H groups in total. The molecular weight excluding hydrogens is 286 g/mol. The van der Waals surface area contributed by atoms with Crippen molar-refractivity contribution in [1.82, 2.24) is 4.98 Å². The maximum Gasteiger partial charge on any atom is 0.355 e. The molecule has 0 bridgehead atoms. The van der Waals surface area contributed by atoms with E-state index in [-0.39, 0.29) is 5.69 Å². The molecule has 0 unspecified atom stereocenters. The summed E-state index contributed by atoms with van der Waals surface area (Å²) in [5.74, 6) is -0.946. The number of carboxylic acid groups (broad SMARTS) is 1. The van der Waals surface area contributed by atoms with Crippen molar-refractivity contribution < 1.29 is 9.90 Å². The Morgan fingerprint density at radius 2 is 1.76 bits per heavy atom. The van der Waals surface area contributed by atoms with Gasteiger partial charge in [-0.25, -0.2) is 9.78 Å². The number of para-hydroxylation sites is 1. The number of carboxylic acids is 1. The third kappa shape index (κ3) is 2.85. The number of aryl methyl sites for hydroxylation is 1. The Morgan fingerprint density at radius 3 is 2.33 bits per heavy atom. The minimum absolute atomic E-state index is 0.181. The molecule has 1 aliphatic heterocycles. The third-order valence-electron chi connectivity index (χ3n) is 3.66. The number of benzene rings is 1. The van der Waals surface area contributed by atoms with Gasteiger partial charge in [0.25, 0.3) is 0 Å². The summed E-state index contributed by atoms with van der Waals surface area (Å²) in [6.07, 6.45) is 0. The van der Waals surface area contributed by atoms with Crippen LogP contribution in [0.2, 0.25) is 0 Å². The Bertz CT molecular complexity index is 634. The van der Waals surface area contributed by atoms with Gasteiger partial charge in [-0.2, -0.15) is 0 Å². The molecule has 5 nitrogen and oxygen atoms in total. The first kappa shape index (κ1) is 13.9. The van der Waals surface area contributed by atoms with Crippen LogP contribution in [0, 0.1) is 6.92 Å². The van der Waals surface area contributed by atoms with E-state index in [0.717, 1.165) is 36.2 Å². The van der Waals surface area contributed by atoms with Crippen LogP contribution in [0.25, 0.3) is 0 Å². The monoisotopic (exact) mass is 303 g/mol. The second-order valence-electron chi connectivity index (χ2n) is 5.02. The lowest BCUT2D eigenvalue weighted by Gasteiger charge is -2.35. The van der Waals surface area contributed by atoms with Crippen LogP contribution < -0.4 is 9.80 Å². The van der Waals surface area contributed by atoms with Crippen molar-refractivity contribution >= 4 is 28.1 Å². The van der Waals surface area contributed by atoms with Crippen molar-refractivity contribution in [2.45, 2.75) is 6.92 Å². The minimum Gasteiger partial charge on any atom is -0.476 e. The van der Waals surface area contributed by atoms with Crippen LogP contribution in [0.15, 0.2) is 30.3 Å². The molecular formula is C15H17N3O2S. The summed E-state index contributed by atoms with van der Waals surface area (Å²) in [5.41, 5.74) is 1.42. The fourth-order valence-electron chi connectivity index (χ4n) is 2.51. The molecule has 0 amide bonds. The van der Waals surface area contributed by atoms with Gasteiger partial charge in [0.15, 0.2) is 10.8 Å². The van der Waals surface area contributed by atoms with E-state index in [9.17, 15) is 4.79 Å². The molecule has 1 aromatic heterocycles. The molecule has 21 heavy (non-hydrogen) atoms. The van der Waals surface area contributed by atoms with Crippen molar-refractivity contribution in [3.8, 4) is 0 Å². The quantitative estimate of drug-likeness (QED) is 0.944. The highest BCUT2D eigenvalue weighted by atomic mass is 32.1. The lowest BCUT2D eigenvalue weighted by molar-refractivity contribution is 0.0690. The molecule has 110 valence electrons. The van der Waals surface area contributed by atoms with Crippen LogP contribution in [0.1, 0.15) is 15.4 Å². The van der Waals surface area contributed by atoms with Crippen molar-refractivity contribution in [3.63, 3.8) is 0 Å². The van der Waals surface area contributed by atoms with Crippen molar-refractivity contribution in [3.05, 3.63) is 40.9 Å². The number of aromatic carboxylic acids is 1. The van der Waals surface area contributed by atoms with E-state index in [0.29, 0.717) is 0 Å². The van der Waals surface area contributed by atoms with Crippen LogP contribution in [-0.4, -0.2) is 42.2 Å². The highest BCUT2D eigenvalue weighted by Gasteiger charge is 2.22. The van der Waals surface area contributed by atoms with Crippen LogP contribution in [0.3, 0.4) is 0 Å². The standard InChI is InChI=1S/C15H17N3O2S/c1-11-13(14(19)20)16-15(21-11)18-9-7-17(8-10-18)12-5-3-2-4-6-12/h2-6H,7-10H2,1H3,(H,19,20). The average Bonchev–Trinajstić information content (AvgIpc) is 2.90. The zero-order chi connectivity index (χ0) is 14.8. The van der Waals surface area contributed by atoms with Gasteiger partial charge in [0, 0.05) is 36.7 Å². The Hall–Kier alpha value is -2.08. The third-order valence-corrected chi connectivity index (χ3v) is 4.69. The zero-order valence-corrected chi connectivity index (χ0v) is 12.6. The number of piperazine rings is 1. The molecule has 1 aliphatic rings. The number of carbonyl (C=O) groups is 1. The number of aromatic nitrogens is 1. The highest BCUT2D eigenvalue weighted by molar-refractivity contribution is 7.15. The summed E-state index contributed by atoms with van der Waals surface area (Å²) >= 11 is 1.46. The van der Waals surface area contributed by atoms with Crippen LogP contribution in [0.4, 0.5) is 10.8 Å². The lowest BCUT2D eigenvalue weighted by Crippen LogP contribution is -2.46. The van der Waals surface area contributed by atoms with Gasteiger partial charge in [-0.1, -0.05) is 18.2 Å². The predicted molar refractivity (Wildman–Crippen MR) is 84.7 cm³/mol. The first-order chi connectivity index (χ1) is 10.1. The van der Waals surface area contributed by atoms with Crippen LogP contribution in [-0.2, 0) is 0 Å². The number of rotatable bonds is 3. The molecule has 0 atom stereocenters. The van der Waals surface area contributed by atoms with Gasteiger partial charge in [0.2, 0.25) is 0 Å². The van der Waals surface area contributed by atoms with E-state index in [1.54, 1.807) is 0 Å². The van der Waals surface area contributed by atoms with Gasteiger partial charge in [0.1, 0.15) is 0 Å². The zero-order valence-electron chi connectivity index (χ0n) is 11.8. The van der Waals surface area contributed by atoms with E-state index in [2.05, 4.69) is 26.9 Å². The summed E-state index contributed by atoms with van der Waals surface area (Å²) in [6, 6.07) is 10.3. The van der Waals surface area contributed by atoms with E-state index >= 15 is 0 Å². The van der Waals surface area contributed by atoms with Crippen molar-refractivity contribution in [2.75, 3.05) is 36.0 Å². The van der Waals surface area contributed by atoms with Crippen LogP contribution >= 0.6 is 11.3 Å². The van der Waals surface area contributed by atoms with E-state index in [1.165, 1.54) is 17.0 Å². The fraction of sp³-hybridized carbons (Fsp3) is 0.333. The predicted octanol–water partition coefficient (Wildman–Crippen LogP) is 2.48. The van der Waals surface area contributed by atoms with Crippen LogP contribution in [0.5, 0.6) is 0 Å². The number of hydrogen-bond acceptors (Lipinski definition) is 5.